The standard InChI is InChI=1S/C17H29N3O3/c1-4-14(5-2)20-13(3)10-15(19-20)16(22)18-11-17(12-21)6-8-23-9-7-17/h10,14,21H,4-9,11-12H2,1-3H3,(H,18,22). The van der Waals surface area contributed by atoms with E-state index in [-0.39, 0.29) is 17.9 Å². The number of aliphatic hydroxyl groups excluding tert-OH is 1. The van der Waals surface area contributed by atoms with Gasteiger partial charge in [-0.2, -0.15) is 5.10 Å². The molecule has 0 bridgehead atoms. The maximum atomic E-state index is 12.4. The molecular formula is C17H29N3O3. The highest BCUT2D eigenvalue weighted by Crippen LogP contribution is 2.29. The zero-order chi connectivity index (χ0) is 16.9. The van der Waals surface area contributed by atoms with E-state index in [0.717, 1.165) is 31.4 Å². The molecule has 130 valence electrons. The van der Waals surface area contributed by atoms with Crippen molar-refractivity contribution < 1.29 is 14.6 Å². The predicted molar refractivity (Wildman–Crippen MR) is 88.5 cm³/mol. The number of amides is 1. The van der Waals surface area contributed by atoms with Crippen LogP contribution in [0.2, 0.25) is 0 Å². The Bertz CT molecular complexity index is 517. The number of nitrogens with one attached hydrogen (secondary N) is 1. The normalized spacial score (nSPS) is 17.4. The average Bonchev–Trinajstić information content (AvgIpc) is 2.97. The summed E-state index contributed by atoms with van der Waals surface area (Å²) in [5, 5.41) is 17.1. The van der Waals surface area contributed by atoms with Crippen LogP contribution in [0.5, 0.6) is 0 Å². The van der Waals surface area contributed by atoms with Gasteiger partial charge in [-0.1, -0.05) is 13.8 Å². The van der Waals surface area contributed by atoms with Gasteiger partial charge in [-0.15, -0.1) is 0 Å². The molecule has 1 aromatic rings. The second-order valence-electron chi connectivity index (χ2n) is 6.54. The van der Waals surface area contributed by atoms with Crippen molar-refractivity contribution in [3.63, 3.8) is 0 Å². The lowest BCUT2D eigenvalue weighted by atomic mass is 9.81. The molecule has 2 rings (SSSR count). The summed E-state index contributed by atoms with van der Waals surface area (Å²) in [6.07, 6.45) is 3.53. The largest absolute Gasteiger partial charge is 0.396 e. The van der Waals surface area contributed by atoms with Crippen LogP contribution < -0.4 is 5.32 Å². The molecule has 2 N–H and O–H groups in total. The molecule has 1 aliphatic heterocycles. The first kappa shape index (κ1) is 17.9. The first-order valence-electron chi connectivity index (χ1n) is 8.58. The summed E-state index contributed by atoms with van der Waals surface area (Å²) in [6, 6.07) is 2.17. The molecule has 0 aliphatic carbocycles. The maximum absolute atomic E-state index is 12.4. The van der Waals surface area contributed by atoms with Gasteiger partial charge >= 0.3 is 0 Å². The number of carbonyl (C=O) groups excluding carboxylic acids is 1. The zero-order valence-corrected chi connectivity index (χ0v) is 14.5. The van der Waals surface area contributed by atoms with Gasteiger partial charge in [-0.05, 0) is 38.7 Å². The van der Waals surface area contributed by atoms with Gasteiger partial charge in [0.1, 0.15) is 5.69 Å². The summed E-state index contributed by atoms with van der Waals surface area (Å²) in [5.74, 6) is -0.169. The molecule has 2 heterocycles. The molecule has 1 saturated heterocycles. The second-order valence-corrected chi connectivity index (χ2v) is 6.54. The van der Waals surface area contributed by atoms with E-state index in [1.807, 2.05) is 17.7 Å². The summed E-state index contributed by atoms with van der Waals surface area (Å²) in [4.78, 5) is 12.4. The minimum absolute atomic E-state index is 0.0673. The monoisotopic (exact) mass is 323 g/mol. The summed E-state index contributed by atoms with van der Waals surface area (Å²) < 4.78 is 7.30. The van der Waals surface area contributed by atoms with Crippen molar-refractivity contribution in [2.75, 3.05) is 26.4 Å². The van der Waals surface area contributed by atoms with E-state index < -0.39 is 0 Å². The molecule has 1 aromatic heterocycles. The van der Waals surface area contributed by atoms with Crippen LogP contribution in [0.15, 0.2) is 6.07 Å². The summed E-state index contributed by atoms with van der Waals surface area (Å²) >= 11 is 0. The number of aryl methyl sites for hydroxylation is 1. The zero-order valence-electron chi connectivity index (χ0n) is 14.5. The predicted octanol–water partition coefficient (Wildman–Crippen LogP) is 2.07. The average molecular weight is 323 g/mol. The van der Waals surface area contributed by atoms with Gasteiger partial charge in [0.05, 0.1) is 12.6 Å². The molecule has 0 spiro atoms. The van der Waals surface area contributed by atoms with Crippen LogP contribution in [0.1, 0.15) is 61.8 Å². The second kappa shape index (κ2) is 7.93. The van der Waals surface area contributed by atoms with E-state index in [0.29, 0.717) is 31.5 Å². The lowest BCUT2D eigenvalue weighted by Crippen LogP contribution is -2.43. The highest BCUT2D eigenvalue weighted by atomic mass is 16.5. The molecule has 6 heteroatoms. The van der Waals surface area contributed by atoms with Crippen LogP contribution in [-0.2, 0) is 4.74 Å². The molecule has 0 atom stereocenters. The van der Waals surface area contributed by atoms with Crippen molar-refractivity contribution in [1.82, 2.24) is 15.1 Å². The van der Waals surface area contributed by atoms with Crippen molar-refractivity contribution >= 4 is 5.91 Å². The van der Waals surface area contributed by atoms with Crippen molar-refractivity contribution in [3.8, 4) is 0 Å². The van der Waals surface area contributed by atoms with Gasteiger partial charge < -0.3 is 15.2 Å². The molecule has 0 radical (unpaired) electrons. The number of rotatable bonds is 7. The first-order valence-corrected chi connectivity index (χ1v) is 8.58. The maximum Gasteiger partial charge on any atom is 0.271 e. The molecule has 6 nitrogen and oxygen atoms in total. The van der Waals surface area contributed by atoms with Crippen molar-refractivity contribution in [2.45, 2.75) is 52.5 Å². The van der Waals surface area contributed by atoms with Gasteiger partial charge in [0.25, 0.3) is 5.91 Å². The SMILES string of the molecule is CCC(CC)n1nc(C(=O)NCC2(CO)CCOCC2)cc1C. The highest BCUT2D eigenvalue weighted by Gasteiger charge is 2.32. The van der Waals surface area contributed by atoms with Gasteiger partial charge in [0, 0.05) is 30.9 Å². The third-order valence-electron chi connectivity index (χ3n) is 4.96. The van der Waals surface area contributed by atoms with Gasteiger partial charge in [-0.3, -0.25) is 9.48 Å². The molecule has 0 saturated carbocycles. The molecule has 1 aliphatic rings. The van der Waals surface area contributed by atoms with Crippen LogP contribution in [0.3, 0.4) is 0 Å². The number of nitrogens with zero attached hydrogens (tertiary/aromatic N) is 2. The smallest absolute Gasteiger partial charge is 0.271 e. The fourth-order valence-electron chi connectivity index (χ4n) is 3.16. The molecule has 0 aromatic carbocycles. The summed E-state index contributed by atoms with van der Waals surface area (Å²) in [5.41, 5.74) is 1.20. The van der Waals surface area contributed by atoms with Crippen molar-refractivity contribution in [2.24, 2.45) is 5.41 Å². The lowest BCUT2D eigenvalue weighted by Gasteiger charge is -2.35. The Morgan fingerprint density at radius 2 is 2.09 bits per heavy atom. The van der Waals surface area contributed by atoms with Crippen LogP contribution >= 0.6 is 0 Å². The number of carbonyl (C=O) groups is 1. The van der Waals surface area contributed by atoms with E-state index in [2.05, 4.69) is 24.3 Å². The van der Waals surface area contributed by atoms with Crippen LogP contribution in [0.4, 0.5) is 0 Å². The number of hydrogen-bond donors (Lipinski definition) is 2. The Balaban J connectivity index is 2.02. The number of aliphatic hydroxyl groups is 1. The van der Waals surface area contributed by atoms with Crippen LogP contribution in [-0.4, -0.2) is 47.2 Å². The molecule has 0 unspecified atom stereocenters. The van der Waals surface area contributed by atoms with Gasteiger partial charge in [0.2, 0.25) is 0 Å². The van der Waals surface area contributed by atoms with E-state index in [4.69, 9.17) is 4.74 Å². The van der Waals surface area contributed by atoms with E-state index in [1.165, 1.54) is 0 Å². The highest BCUT2D eigenvalue weighted by molar-refractivity contribution is 5.92. The fourth-order valence-corrected chi connectivity index (χ4v) is 3.16. The van der Waals surface area contributed by atoms with Crippen LogP contribution in [0.25, 0.3) is 0 Å². The third-order valence-corrected chi connectivity index (χ3v) is 4.96. The molecular weight excluding hydrogens is 294 g/mol. The third kappa shape index (κ3) is 4.12. The molecule has 1 amide bonds. The Morgan fingerprint density at radius 1 is 1.43 bits per heavy atom. The Labute approximate surface area is 138 Å². The summed E-state index contributed by atoms with van der Waals surface area (Å²) in [7, 11) is 0. The Hall–Kier alpha value is -1.40. The van der Waals surface area contributed by atoms with Crippen molar-refractivity contribution in [1.29, 1.82) is 0 Å². The minimum Gasteiger partial charge on any atom is -0.396 e. The van der Waals surface area contributed by atoms with Gasteiger partial charge in [0.15, 0.2) is 0 Å². The number of hydrogen-bond acceptors (Lipinski definition) is 4. The molecule has 23 heavy (non-hydrogen) atoms. The number of aromatic nitrogens is 2. The quantitative estimate of drug-likeness (QED) is 0.805. The van der Waals surface area contributed by atoms with Crippen molar-refractivity contribution in [3.05, 3.63) is 17.5 Å². The van der Waals surface area contributed by atoms with E-state index in [9.17, 15) is 9.90 Å². The fraction of sp³-hybridized carbons (Fsp3) is 0.765. The molecule has 1 fully saturated rings. The van der Waals surface area contributed by atoms with E-state index >= 15 is 0 Å². The minimum atomic E-state index is -0.263. The Kier molecular flexibility index (Phi) is 6.18. The Morgan fingerprint density at radius 3 is 2.65 bits per heavy atom. The van der Waals surface area contributed by atoms with Gasteiger partial charge in [-0.25, -0.2) is 0 Å². The topological polar surface area (TPSA) is 76.4 Å². The number of ether oxygens (including phenoxy) is 1. The first-order chi connectivity index (χ1) is 11.0. The van der Waals surface area contributed by atoms with Crippen LogP contribution in [0, 0.1) is 12.3 Å². The van der Waals surface area contributed by atoms with E-state index in [1.54, 1.807) is 0 Å². The lowest BCUT2D eigenvalue weighted by molar-refractivity contribution is -0.0146. The summed E-state index contributed by atoms with van der Waals surface area (Å²) in [6.45, 7) is 8.05.